The van der Waals surface area contributed by atoms with Crippen LogP contribution in [-0.2, 0) is 23.0 Å². The lowest BCUT2D eigenvalue weighted by molar-refractivity contribution is -0.870. The van der Waals surface area contributed by atoms with Crippen LogP contribution in [0.3, 0.4) is 0 Å². The third kappa shape index (κ3) is 4.65. The predicted molar refractivity (Wildman–Crippen MR) is 132 cm³/mol. The number of ketones is 1. The number of nitrogens with two attached hydrogens (primary N) is 1. The Bertz CT molecular complexity index is 925. The molecule has 0 radical (unpaired) electrons. The SMILES string of the molecule is CC=C1C(OP(=O)(ON)OCC[N+](C)(C)C)CC2C3CCC4=CC(=O)CC[C@]4(C)C3CC[C@]12C. The van der Waals surface area contributed by atoms with Gasteiger partial charge in [-0.1, -0.05) is 25.5 Å². The lowest BCUT2D eigenvalue weighted by atomic mass is 9.47. The Hall–Kier alpha value is -0.820. The van der Waals surface area contributed by atoms with E-state index >= 15 is 0 Å². The van der Waals surface area contributed by atoms with Crippen LogP contribution in [-0.4, -0.2) is 50.7 Å². The first kappa shape index (κ1) is 26.2. The number of phosphoric acid groups is 1. The van der Waals surface area contributed by atoms with Gasteiger partial charge in [-0.2, -0.15) is 0 Å². The van der Waals surface area contributed by atoms with E-state index in [0.717, 1.165) is 38.5 Å². The third-order valence-electron chi connectivity index (χ3n) is 9.53. The number of likely N-dealkylation sites (N-methyl/N-ethyl adjacent to an activating group) is 1. The first-order valence-corrected chi connectivity index (χ1v) is 14.3. The monoisotopic (exact) mass is 495 g/mol. The van der Waals surface area contributed by atoms with Gasteiger partial charge in [-0.15, -0.1) is 0 Å². The number of allylic oxidation sites excluding steroid dienone is 2. The lowest BCUT2D eigenvalue weighted by Crippen LogP contribution is -2.49. The fourth-order valence-electron chi connectivity index (χ4n) is 7.68. The van der Waals surface area contributed by atoms with Gasteiger partial charge in [0.1, 0.15) is 13.2 Å². The van der Waals surface area contributed by atoms with Crippen molar-refractivity contribution in [2.75, 3.05) is 34.3 Å². The van der Waals surface area contributed by atoms with Crippen LogP contribution in [0.4, 0.5) is 0 Å². The maximum absolute atomic E-state index is 13.3. The molecule has 192 valence electrons. The Kier molecular flexibility index (Phi) is 7.14. The average molecular weight is 496 g/mol. The Morgan fingerprint density at radius 2 is 1.88 bits per heavy atom. The van der Waals surface area contributed by atoms with Crippen LogP contribution in [0.15, 0.2) is 23.3 Å². The number of rotatable bonds is 7. The maximum Gasteiger partial charge on any atom is 0.491 e. The van der Waals surface area contributed by atoms with Gasteiger partial charge in [0, 0.05) is 6.42 Å². The molecule has 0 bridgehead atoms. The summed E-state index contributed by atoms with van der Waals surface area (Å²) in [5, 5.41) is 0. The van der Waals surface area contributed by atoms with Crippen LogP contribution in [0.5, 0.6) is 0 Å². The van der Waals surface area contributed by atoms with E-state index in [4.69, 9.17) is 19.6 Å². The highest BCUT2D eigenvalue weighted by atomic mass is 31.2. The average Bonchev–Trinajstić information content (AvgIpc) is 3.04. The summed E-state index contributed by atoms with van der Waals surface area (Å²) in [6.45, 7) is 7.71. The summed E-state index contributed by atoms with van der Waals surface area (Å²) < 4.78 is 30.5. The van der Waals surface area contributed by atoms with Crippen LogP contribution in [0.25, 0.3) is 0 Å². The van der Waals surface area contributed by atoms with E-state index in [1.807, 2.05) is 34.1 Å². The standard InChI is InChI=1S/C26H44N2O5P/c1-7-21-24(32-34(30,33-27)31-15-14-28(4,5)6)17-23-20-9-8-18-16-19(29)10-12-25(18,2)22(20)11-13-26(21,23)3/h7,16,20,22-24H,8-15,17,27H2,1-6H3/q+1/t20?,22?,23?,24?,25-,26+,34?/m0/s1. The fourth-order valence-corrected chi connectivity index (χ4v) is 8.67. The van der Waals surface area contributed by atoms with Gasteiger partial charge in [0.05, 0.1) is 27.2 Å². The van der Waals surface area contributed by atoms with Crippen molar-refractivity contribution < 1.29 is 27.5 Å². The number of fused-ring (bicyclic) bond motifs is 5. The summed E-state index contributed by atoms with van der Waals surface area (Å²) in [4.78, 5) is 12.1. The van der Waals surface area contributed by atoms with Crippen LogP contribution in [0.2, 0.25) is 0 Å². The number of carbonyl (C=O) groups is 1. The van der Waals surface area contributed by atoms with Crippen LogP contribution >= 0.6 is 7.82 Å². The van der Waals surface area contributed by atoms with Crippen molar-refractivity contribution in [1.29, 1.82) is 0 Å². The van der Waals surface area contributed by atoms with Crippen LogP contribution in [0.1, 0.15) is 65.7 Å². The van der Waals surface area contributed by atoms with E-state index in [1.165, 1.54) is 11.1 Å². The first-order chi connectivity index (χ1) is 15.9. The molecular weight excluding hydrogens is 451 g/mol. The summed E-state index contributed by atoms with van der Waals surface area (Å²) in [5.41, 5.74) is 2.70. The van der Waals surface area contributed by atoms with E-state index < -0.39 is 7.82 Å². The van der Waals surface area contributed by atoms with Crippen molar-refractivity contribution in [2.45, 2.75) is 71.8 Å². The van der Waals surface area contributed by atoms with Crippen molar-refractivity contribution >= 4 is 13.6 Å². The second-order valence-corrected chi connectivity index (χ2v) is 14.0. The molecule has 0 aliphatic heterocycles. The van der Waals surface area contributed by atoms with E-state index in [0.29, 0.717) is 41.0 Å². The molecule has 0 aromatic heterocycles. The van der Waals surface area contributed by atoms with Gasteiger partial charge in [-0.3, -0.25) is 13.8 Å². The Morgan fingerprint density at radius 1 is 1.15 bits per heavy atom. The fraction of sp³-hybridized carbons (Fsp3) is 0.808. The zero-order valence-corrected chi connectivity index (χ0v) is 22.7. The second-order valence-electron chi connectivity index (χ2n) is 12.4. The molecule has 8 heteroatoms. The highest BCUT2D eigenvalue weighted by Gasteiger charge is 2.60. The molecular formula is C26H44N2O5P+. The molecule has 0 aromatic carbocycles. The summed E-state index contributed by atoms with van der Waals surface area (Å²) in [6, 6.07) is 0. The summed E-state index contributed by atoms with van der Waals surface area (Å²) in [7, 11) is 2.26. The van der Waals surface area contributed by atoms with Gasteiger partial charge < -0.3 is 4.48 Å². The predicted octanol–water partition coefficient (Wildman–Crippen LogP) is 5.18. The Labute approximate surface area is 205 Å². The molecule has 0 aromatic rings. The minimum Gasteiger partial charge on any atom is -0.329 e. The van der Waals surface area contributed by atoms with Crippen LogP contribution < -0.4 is 5.90 Å². The smallest absolute Gasteiger partial charge is 0.329 e. The molecule has 4 aliphatic carbocycles. The maximum atomic E-state index is 13.3. The largest absolute Gasteiger partial charge is 0.491 e. The number of nitrogens with zero attached hydrogens (tertiary/aromatic N) is 1. The minimum absolute atomic E-state index is 0.00434. The van der Waals surface area contributed by atoms with Gasteiger partial charge in [-0.05, 0) is 85.7 Å². The van der Waals surface area contributed by atoms with Crippen LogP contribution in [0, 0.1) is 28.6 Å². The molecule has 3 fully saturated rings. The van der Waals surface area contributed by atoms with Gasteiger partial charge in [0.2, 0.25) is 0 Å². The van der Waals surface area contributed by atoms with Gasteiger partial charge in [-0.25, -0.2) is 15.1 Å². The topological polar surface area (TPSA) is 87.8 Å². The minimum atomic E-state index is -3.87. The molecule has 0 heterocycles. The van der Waals surface area contributed by atoms with E-state index in [2.05, 4.69) is 19.9 Å². The molecule has 0 spiro atoms. The molecule has 0 amide bonds. The summed E-state index contributed by atoms with van der Waals surface area (Å²) >= 11 is 0. The molecule has 2 N–H and O–H groups in total. The number of carbonyl (C=O) groups excluding carboxylic acids is 1. The number of quaternary nitrogens is 1. The summed E-state index contributed by atoms with van der Waals surface area (Å²) in [5.74, 6) is 7.31. The first-order valence-electron chi connectivity index (χ1n) is 12.9. The Morgan fingerprint density at radius 3 is 2.53 bits per heavy atom. The normalized spacial score (nSPS) is 40.9. The van der Waals surface area contributed by atoms with Crippen molar-refractivity contribution in [2.24, 2.45) is 34.5 Å². The number of hydrogen-bond donors (Lipinski definition) is 1. The lowest BCUT2D eigenvalue weighted by Gasteiger charge is -2.57. The second kappa shape index (κ2) is 9.24. The van der Waals surface area contributed by atoms with Crippen molar-refractivity contribution in [1.82, 2.24) is 0 Å². The molecule has 34 heavy (non-hydrogen) atoms. The zero-order valence-electron chi connectivity index (χ0n) is 21.8. The quantitative estimate of drug-likeness (QED) is 0.227. The molecule has 4 rings (SSSR count). The molecule has 7 atom stereocenters. The van der Waals surface area contributed by atoms with Crippen molar-refractivity contribution in [3.8, 4) is 0 Å². The molecule has 5 unspecified atom stereocenters. The Balaban J connectivity index is 1.55. The van der Waals surface area contributed by atoms with E-state index in [9.17, 15) is 9.36 Å². The molecule has 0 saturated heterocycles. The van der Waals surface area contributed by atoms with Crippen molar-refractivity contribution in [3.05, 3.63) is 23.3 Å². The van der Waals surface area contributed by atoms with Crippen molar-refractivity contribution in [3.63, 3.8) is 0 Å². The molecule has 4 aliphatic rings. The van der Waals surface area contributed by atoms with Gasteiger partial charge in [0.25, 0.3) is 0 Å². The molecule has 3 saturated carbocycles. The third-order valence-corrected chi connectivity index (χ3v) is 10.8. The highest BCUT2D eigenvalue weighted by molar-refractivity contribution is 7.48. The highest BCUT2D eigenvalue weighted by Crippen LogP contribution is 2.68. The van der Waals surface area contributed by atoms with E-state index in [-0.39, 0.29) is 23.5 Å². The summed E-state index contributed by atoms with van der Waals surface area (Å²) in [6.07, 6.45) is 10.5. The van der Waals surface area contributed by atoms with E-state index in [1.54, 1.807) is 0 Å². The van der Waals surface area contributed by atoms with Gasteiger partial charge >= 0.3 is 7.82 Å². The zero-order chi connectivity index (χ0) is 24.9. The number of phosphoric ester groups is 1. The molecule has 7 nitrogen and oxygen atoms in total. The number of hydrogen-bond acceptors (Lipinski definition) is 6. The van der Waals surface area contributed by atoms with Gasteiger partial charge in [0.15, 0.2) is 5.78 Å².